The number of rotatable bonds is 6. The minimum atomic E-state index is 0.158. The maximum absolute atomic E-state index is 5.27. The summed E-state index contributed by atoms with van der Waals surface area (Å²) in [4.78, 5) is 8.35. The summed E-state index contributed by atoms with van der Waals surface area (Å²) in [6.45, 7) is 2.74. The van der Waals surface area contributed by atoms with Gasteiger partial charge in [-0.15, -0.1) is 0 Å². The van der Waals surface area contributed by atoms with E-state index in [0.29, 0.717) is 18.3 Å². The van der Waals surface area contributed by atoms with E-state index in [4.69, 9.17) is 9.47 Å². The van der Waals surface area contributed by atoms with Crippen molar-refractivity contribution < 1.29 is 9.47 Å². The molecule has 0 aliphatic rings. The normalized spacial score (nSPS) is 12.0. The molecule has 1 atom stereocenters. The van der Waals surface area contributed by atoms with Gasteiger partial charge in [0.25, 0.3) is 0 Å². The van der Waals surface area contributed by atoms with Crippen LogP contribution in [0.2, 0.25) is 0 Å². The largest absolute Gasteiger partial charge is 0.481 e. The fourth-order valence-electron chi connectivity index (χ4n) is 1.97. The summed E-state index contributed by atoms with van der Waals surface area (Å²) in [7, 11) is 3.24. The molecule has 0 saturated heterocycles. The maximum Gasteiger partial charge on any atom is 0.217 e. The van der Waals surface area contributed by atoms with E-state index in [1.165, 1.54) is 0 Å². The number of nitrogens with zero attached hydrogens (tertiary/aromatic N) is 2. The summed E-state index contributed by atoms with van der Waals surface area (Å²) in [5.41, 5.74) is 2.11. The van der Waals surface area contributed by atoms with Crippen LogP contribution in [0.15, 0.2) is 35.1 Å². The molecule has 1 N–H and O–H groups in total. The standard InChI is InChI=1S/C15H18BrN3O2/c1-10(11-4-5-17-14(7-11)20-2)18-8-12-6-13(16)9-19-15(12)21-3/h4-7,9-10,18H,8H2,1-3H3. The molecule has 0 fully saturated rings. The monoisotopic (exact) mass is 351 g/mol. The lowest BCUT2D eigenvalue weighted by molar-refractivity contribution is 0.388. The highest BCUT2D eigenvalue weighted by atomic mass is 79.9. The Bertz CT molecular complexity index is 607. The molecule has 2 aromatic heterocycles. The zero-order chi connectivity index (χ0) is 15.2. The number of nitrogens with one attached hydrogen (secondary N) is 1. The maximum atomic E-state index is 5.27. The number of halogens is 1. The molecular weight excluding hydrogens is 334 g/mol. The van der Waals surface area contributed by atoms with Gasteiger partial charge in [0.05, 0.1) is 14.2 Å². The summed E-state index contributed by atoms with van der Waals surface area (Å²) in [6.07, 6.45) is 3.47. The molecule has 112 valence electrons. The highest BCUT2D eigenvalue weighted by Crippen LogP contribution is 2.21. The van der Waals surface area contributed by atoms with Gasteiger partial charge in [0.2, 0.25) is 11.8 Å². The van der Waals surface area contributed by atoms with Crippen LogP contribution in [0.3, 0.4) is 0 Å². The molecular formula is C15H18BrN3O2. The molecule has 21 heavy (non-hydrogen) atoms. The Kier molecular flexibility index (Phi) is 5.52. The first-order valence-electron chi connectivity index (χ1n) is 6.55. The Morgan fingerprint density at radius 3 is 2.76 bits per heavy atom. The summed E-state index contributed by atoms with van der Waals surface area (Å²) in [6, 6.07) is 6.05. The van der Waals surface area contributed by atoms with Gasteiger partial charge in [0.15, 0.2) is 0 Å². The van der Waals surface area contributed by atoms with Gasteiger partial charge < -0.3 is 14.8 Å². The van der Waals surface area contributed by atoms with Gasteiger partial charge in [0, 0.05) is 41.1 Å². The zero-order valence-electron chi connectivity index (χ0n) is 12.3. The first-order chi connectivity index (χ1) is 10.1. The van der Waals surface area contributed by atoms with Crippen LogP contribution in [0.25, 0.3) is 0 Å². The zero-order valence-corrected chi connectivity index (χ0v) is 13.8. The molecule has 1 unspecified atom stereocenters. The Hall–Kier alpha value is -1.66. The van der Waals surface area contributed by atoms with Crippen molar-refractivity contribution in [3.8, 4) is 11.8 Å². The summed E-state index contributed by atoms with van der Waals surface area (Å²) >= 11 is 3.43. The summed E-state index contributed by atoms with van der Waals surface area (Å²) < 4.78 is 11.3. The molecule has 0 aliphatic heterocycles. The van der Waals surface area contributed by atoms with Crippen LogP contribution in [0.5, 0.6) is 11.8 Å². The smallest absolute Gasteiger partial charge is 0.217 e. The van der Waals surface area contributed by atoms with Gasteiger partial charge in [-0.3, -0.25) is 0 Å². The van der Waals surface area contributed by atoms with Gasteiger partial charge in [-0.25, -0.2) is 9.97 Å². The fraction of sp³-hybridized carbons (Fsp3) is 0.333. The first-order valence-corrected chi connectivity index (χ1v) is 7.35. The molecule has 0 spiro atoms. The minimum Gasteiger partial charge on any atom is -0.481 e. The van der Waals surface area contributed by atoms with E-state index in [1.807, 2.05) is 18.2 Å². The number of hydrogen-bond acceptors (Lipinski definition) is 5. The van der Waals surface area contributed by atoms with E-state index in [-0.39, 0.29) is 6.04 Å². The quantitative estimate of drug-likeness (QED) is 0.866. The van der Waals surface area contributed by atoms with Gasteiger partial charge in [-0.05, 0) is 40.5 Å². The second-order valence-electron chi connectivity index (χ2n) is 4.56. The third-order valence-corrected chi connectivity index (χ3v) is 3.59. The van der Waals surface area contributed by atoms with Crippen molar-refractivity contribution in [2.45, 2.75) is 19.5 Å². The van der Waals surface area contributed by atoms with Crippen LogP contribution in [0, 0.1) is 0 Å². The molecule has 2 rings (SSSR count). The van der Waals surface area contributed by atoms with E-state index in [2.05, 4.69) is 38.1 Å². The number of aromatic nitrogens is 2. The van der Waals surface area contributed by atoms with Crippen LogP contribution in [0.4, 0.5) is 0 Å². The molecule has 0 aromatic carbocycles. The topological polar surface area (TPSA) is 56.3 Å². The molecule has 0 amide bonds. The number of hydrogen-bond donors (Lipinski definition) is 1. The van der Waals surface area contributed by atoms with Crippen LogP contribution < -0.4 is 14.8 Å². The van der Waals surface area contributed by atoms with Crippen molar-refractivity contribution in [1.82, 2.24) is 15.3 Å². The number of methoxy groups -OCH3 is 2. The number of pyridine rings is 2. The molecule has 5 nitrogen and oxygen atoms in total. The van der Waals surface area contributed by atoms with Crippen molar-refractivity contribution in [3.05, 3.63) is 46.2 Å². The SMILES string of the molecule is COc1cc(C(C)NCc2cc(Br)cnc2OC)ccn1. The van der Waals surface area contributed by atoms with Gasteiger partial charge in [-0.2, -0.15) is 0 Å². The predicted octanol–water partition coefficient (Wildman–Crippen LogP) is 3.11. The van der Waals surface area contributed by atoms with Crippen LogP contribution in [0.1, 0.15) is 24.1 Å². The molecule has 2 aromatic rings. The molecule has 0 bridgehead atoms. The Balaban J connectivity index is 2.06. The fourth-order valence-corrected chi connectivity index (χ4v) is 2.34. The van der Waals surface area contributed by atoms with E-state index in [1.54, 1.807) is 26.6 Å². The lowest BCUT2D eigenvalue weighted by atomic mass is 10.1. The summed E-state index contributed by atoms with van der Waals surface area (Å²) in [5.74, 6) is 1.24. The Morgan fingerprint density at radius 1 is 1.24 bits per heavy atom. The van der Waals surface area contributed by atoms with Crippen LogP contribution >= 0.6 is 15.9 Å². The Labute approximate surface area is 132 Å². The van der Waals surface area contributed by atoms with Gasteiger partial charge in [-0.1, -0.05) is 0 Å². The van der Waals surface area contributed by atoms with E-state index >= 15 is 0 Å². The van der Waals surface area contributed by atoms with Crippen LogP contribution in [-0.2, 0) is 6.54 Å². The van der Waals surface area contributed by atoms with E-state index < -0.39 is 0 Å². The lowest BCUT2D eigenvalue weighted by Crippen LogP contribution is -2.19. The van der Waals surface area contributed by atoms with E-state index in [9.17, 15) is 0 Å². The molecule has 0 radical (unpaired) electrons. The van der Waals surface area contributed by atoms with Crippen molar-refractivity contribution >= 4 is 15.9 Å². The molecule has 2 heterocycles. The van der Waals surface area contributed by atoms with Crippen molar-refractivity contribution in [1.29, 1.82) is 0 Å². The van der Waals surface area contributed by atoms with Crippen molar-refractivity contribution in [2.24, 2.45) is 0 Å². The highest BCUT2D eigenvalue weighted by Gasteiger charge is 2.10. The average molecular weight is 352 g/mol. The second kappa shape index (κ2) is 7.38. The predicted molar refractivity (Wildman–Crippen MR) is 84.5 cm³/mol. The average Bonchev–Trinajstić information content (AvgIpc) is 2.52. The van der Waals surface area contributed by atoms with Crippen molar-refractivity contribution in [2.75, 3.05) is 14.2 Å². The third-order valence-electron chi connectivity index (χ3n) is 3.15. The Morgan fingerprint density at radius 2 is 2.05 bits per heavy atom. The first kappa shape index (κ1) is 15.7. The number of ether oxygens (including phenoxy) is 2. The molecule has 6 heteroatoms. The van der Waals surface area contributed by atoms with Gasteiger partial charge >= 0.3 is 0 Å². The molecule has 0 saturated carbocycles. The van der Waals surface area contributed by atoms with Gasteiger partial charge in [0.1, 0.15) is 0 Å². The van der Waals surface area contributed by atoms with Crippen molar-refractivity contribution in [3.63, 3.8) is 0 Å². The lowest BCUT2D eigenvalue weighted by Gasteiger charge is -2.16. The van der Waals surface area contributed by atoms with Crippen LogP contribution in [-0.4, -0.2) is 24.2 Å². The highest BCUT2D eigenvalue weighted by molar-refractivity contribution is 9.10. The third kappa shape index (κ3) is 4.15. The minimum absolute atomic E-state index is 0.158. The molecule has 0 aliphatic carbocycles. The second-order valence-corrected chi connectivity index (χ2v) is 5.47. The van der Waals surface area contributed by atoms with E-state index in [0.717, 1.165) is 15.6 Å². The summed E-state index contributed by atoms with van der Waals surface area (Å²) in [5, 5.41) is 3.44.